The van der Waals surface area contributed by atoms with Gasteiger partial charge in [0, 0.05) is 5.69 Å². The minimum absolute atomic E-state index is 0.0688. The lowest BCUT2D eigenvalue weighted by Gasteiger charge is -2.09. The highest BCUT2D eigenvalue weighted by Gasteiger charge is 2.36. The summed E-state index contributed by atoms with van der Waals surface area (Å²) in [6.45, 7) is 1.71. The van der Waals surface area contributed by atoms with Crippen LogP contribution in [0.3, 0.4) is 0 Å². The molecule has 116 valence electrons. The molecule has 3 aromatic rings. The first kappa shape index (κ1) is 15.0. The maximum atomic E-state index is 13.0. The molecule has 8 heteroatoms. The molecular weight excluding hydrogens is 307 g/mol. The number of fused-ring (bicyclic) bond motifs is 1. The Morgan fingerprint density at radius 1 is 1.26 bits per heavy atom. The van der Waals surface area contributed by atoms with Crippen LogP contribution in [0, 0.1) is 11.3 Å². The van der Waals surface area contributed by atoms with Crippen LogP contribution < -0.4 is 0 Å². The van der Waals surface area contributed by atoms with Crippen LogP contribution in [0.4, 0.5) is 13.2 Å². The number of nitriles is 1. The average Bonchev–Trinajstić information content (AvgIpc) is 2.97. The third-order valence-electron chi connectivity index (χ3n) is 3.31. The predicted octanol–water partition coefficient (Wildman–Crippen LogP) is 3.27. The zero-order valence-electron chi connectivity index (χ0n) is 12.0. The first-order chi connectivity index (χ1) is 10.9. The molecule has 0 aliphatic carbocycles. The maximum absolute atomic E-state index is 13.0. The highest BCUT2D eigenvalue weighted by Crippen LogP contribution is 2.29. The minimum Gasteiger partial charge on any atom is -0.283 e. The van der Waals surface area contributed by atoms with Crippen molar-refractivity contribution in [3.05, 3.63) is 47.7 Å². The van der Waals surface area contributed by atoms with Crippen molar-refractivity contribution in [2.24, 2.45) is 0 Å². The van der Waals surface area contributed by atoms with E-state index < -0.39 is 12.0 Å². The topological polar surface area (TPSA) is 67.4 Å². The Hall–Kier alpha value is -2.95. The Bertz CT molecular complexity index is 921. The van der Waals surface area contributed by atoms with E-state index in [9.17, 15) is 13.2 Å². The van der Waals surface area contributed by atoms with Gasteiger partial charge < -0.3 is 0 Å². The largest absolute Gasteiger partial charge is 0.451 e. The van der Waals surface area contributed by atoms with Crippen LogP contribution in [0.25, 0.3) is 16.9 Å². The highest BCUT2D eigenvalue weighted by atomic mass is 19.4. The van der Waals surface area contributed by atoms with Crippen LogP contribution in [0.5, 0.6) is 0 Å². The molecule has 3 rings (SSSR count). The molecule has 0 aliphatic heterocycles. The molecule has 0 fully saturated rings. The molecule has 0 spiro atoms. The van der Waals surface area contributed by atoms with Crippen molar-refractivity contribution in [1.82, 2.24) is 19.5 Å². The van der Waals surface area contributed by atoms with E-state index in [1.165, 1.54) is 10.9 Å². The lowest BCUT2D eigenvalue weighted by atomic mass is 10.2. The summed E-state index contributed by atoms with van der Waals surface area (Å²) < 4.78 is 40.4. The van der Waals surface area contributed by atoms with E-state index in [2.05, 4.69) is 15.0 Å². The number of rotatable bonds is 2. The van der Waals surface area contributed by atoms with Crippen molar-refractivity contribution >= 4 is 11.2 Å². The van der Waals surface area contributed by atoms with Crippen molar-refractivity contribution < 1.29 is 13.2 Å². The number of aromatic nitrogens is 4. The molecule has 0 radical (unpaired) electrons. The molecule has 0 aliphatic rings. The number of aryl methyl sites for hydroxylation is 1. The van der Waals surface area contributed by atoms with Gasteiger partial charge in [0.15, 0.2) is 5.65 Å². The normalized spacial score (nSPS) is 11.6. The molecule has 0 bridgehead atoms. The first-order valence-electron chi connectivity index (χ1n) is 6.75. The molecule has 0 saturated heterocycles. The van der Waals surface area contributed by atoms with Gasteiger partial charge in [-0.25, -0.2) is 15.0 Å². The molecule has 2 aromatic heterocycles. The van der Waals surface area contributed by atoms with E-state index in [4.69, 9.17) is 5.26 Å². The monoisotopic (exact) mass is 317 g/mol. The predicted molar refractivity (Wildman–Crippen MR) is 75.8 cm³/mol. The molecule has 0 amide bonds. The van der Waals surface area contributed by atoms with E-state index in [1.807, 2.05) is 6.07 Å². The zero-order valence-corrected chi connectivity index (χ0v) is 12.0. The Balaban J connectivity index is 2.28. The summed E-state index contributed by atoms with van der Waals surface area (Å²) in [7, 11) is 0. The van der Waals surface area contributed by atoms with Gasteiger partial charge >= 0.3 is 6.18 Å². The summed E-state index contributed by atoms with van der Waals surface area (Å²) in [5.41, 5.74) is 1.53. The number of hydrogen-bond acceptors (Lipinski definition) is 4. The van der Waals surface area contributed by atoms with Crippen LogP contribution in [0.2, 0.25) is 0 Å². The van der Waals surface area contributed by atoms with Crippen molar-refractivity contribution in [3.8, 4) is 11.8 Å². The minimum atomic E-state index is -4.64. The van der Waals surface area contributed by atoms with Crippen LogP contribution in [0.1, 0.15) is 24.0 Å². The first-order valence-corrected chi connectivity index (χ1v) is 6.75. The van der Waals surface area contributed by atoms with Gasteiger partial charge in [-0.3, -0.25) is 4.57 Å². The SMILES string of the molecule is CCc1nc(C(F)(F)F)nc2c1ncn2-c1cccc(C#N)c1. The van der Waals surface area contributed by atoms with Gasteiger partial charge in [0.05, 0.1) is 17.3 Å². The van der Waals surface area contributed by atoms with Crippen LogP contribution in [0.15, 0.2) is 30.6 Å². The molecule has 0 unspecified atom stereocenters. The lowest BCUT2D eigenvalue weighted by molar-refractivity contribution is -0.144. The molecule has 2 heterocycles. The quantitative estimate of drug-likeness (QED) is 0.727. The van der Waals surface area contributed by atoms with Gasteiger partial charge in [-0.05, 0) is 24.6 Å². The second-order valence-electron chi connectivity index (χ2n) is 4.79. The van der Waals surface area contributed by atoms with Gasteiger partial charge in [0.1, 0.15) is 11.8 Å². The van der Waals surface area contributed by atoms with Crippen molar-refractivity contribution in [1.29, 1.82) is 5.26 Å². The van der Waals surface area contributed by atoms with Gasteiger partial charge in [0.2, 0.25) is 5.82 Å². The van der Waals surface area contributed by atoms with Gasteiger partial charge in [-0.2, -0.15) is 18.4 Å². The fourth-order valence-corrected chi connectivity index (χ4v) is 2.25. The molecule has 0 atom stereocenters. The summed E-state index contributed by atoms with van der Waals surface area (Å²) in [6, 6.07) is 8.47. The summed E-state index contributed by atoms with van der Waals surface area (Å²) >= 11 is 0. The lowest BCUT2D eigenvalue weighted by Crippen LogP contribution is -2.13. The van der Waals surface area contributed by atoms with E-state index in [0.717, 1.165) is 0 Å². The second-order valence-corrected chi connectivity index (χ2v) is 4.79. The van der Waals surface area contributed by atoms with Crippen molar-refractivity contribution in [2.45, 2.75) is 19.5 Å². The number of halogens is 3. The number of hydrogen-bond donors (Lipinski definition) is 0. The second kappa shape index (κ2) is 5.35. The Morgan fingerprint density at radius 3 is 2.70 bits per heavy atom. The highest BCUT2D eigenvalue weighted by molar-refractivity contribution is 5.75. The van der Waals surface area contributed by atoms with Crippen molar-refractivity contribution in [2.75, 3.05) is 0 Å². The zero-order chi connectivity index (χ0) is 16.6. The summed E-state index contributed by atoms with van der Waals surface area (Å²) in [6.07, 6.45) is -2.95. The Kier molecular flexibility index (Phi) is 3.48. The number of nitrogens with zero attached hydrogens (tertiary/aromatic N) is 5. The Morgan fingerprint density at radius 2 is 2.04 bits per heavy atom. The summed E-state index contributed by atoms with van der Waals surface area (Å²) in [5, 5.41) is 8.96. The standard InChI is InChI=1S/C15H10F3N5/c1-2-11-12-13(22-14(21-11)15(16,17)18)23(8-20-12)10-5-3-4-9(6-10)7-19/h3-6,8H,2H2,1H3. The third-order valence-corrected chi connectivity index (χ3v) is 3.31. The molecule has 0 N–H and O–H groups in total. The van der Waals surface area contributed by atoms with Crippen LogP contribution >= 0.6 is 0 Å². The Labute approximate surface area is 129 Å². The fourth-order valence-electron chi connectivity index (χ4n) is 2.25. The van der Waals surface area contributed by atoms with E-state index in [0.29, 0.717) is 23.2 Å². The molecular formula is C15H10F3N5. The maximum Gasteiger partial charge on any atom is 0.451 e. The van der Waals surface area contributed by atoms with E-state index in [-0.39, 0.29) is 11.3 Å². The number of alkyl halides is 3. The average molecular weight is 317 g/mol. The molecule has 1 aromatic carbocycles. The number of benzene rings is 1. The van der Waals surface area contributed by atoms with Crippen LogP contribution in [-0.2, 0) is 12.6 Å². The smallest absolute Gasteiger partial charge is 0.283 e. The summed E-state index contributed by atoms with van der Waals surface area (Å²) in [5.74, 6) is -1.19. The molecule has 0 saturated carbocycles. The van der Waals surface area contributed by atoms with Gasteiger partial charge in [-0.15, -0.1) is 0 Å². The molecule has 5 nitrogen and oxygen atoms in total. The van der Waals surface area contributed by atoms with E-state index >= 15 is 0 Å². The van der Waals surface area contributed by atoms with Gasteiger partial charge in [0.25, 0.3) is 0 Å². The van der Waals surface area contributed by atoms with E-state index in [1.54, 1.807) is 31.2 Å². The summed E-state index contributed by atoms with van der Waals surface area (Å²) in [4.78, 5) is 11.3. The van der Waals surface area contributed by atoms with Gasteiger partial charge in [-0.1, -0.05) is 13.0 Å². The third kappa shape index (κ3) is 2.61. The molecule has 23 heavy (non-hydrogen) atoms. The van der Waals surface area contributed by atoms with Crippen LogP contribution in [-0.4, -0.2) is 19.5 Å². The fraction of sp³-hybridized carbons (Fsp3) is 0.200. The number of imidazole rings is 1. The van der Waals surface area contributed by atoms with Crippen molar-refractivity contribution in [3.63, 3.8) is 0 Å².